The van der Waals surface area contributed by atoms with E-state index in [2.05, 4.69) is 4.98 Å². The van der Waals surface area contributed by atoms with E-state index in [1.807, 2.05) is 30.3 Å². The Labute approximate surface area is 133 Å². The van der Waals surface area contributed by atoms with Crippen LogP contribution in [0.3, 0.4) is 0 Å². The first-order chi connectivity index (χ1) is 10.6. The van der Waals surface area contributed by atoms with Crippen molar-refractivity contribution in [1.29, 1.82) is 0 Å². The second-order valence-electron chi connectivity index (χ2n) is 5.38. The number of amides is 1. The zero-order valence-electron chi connectivity index (χ0n) is 12.5. The molecule has 1 atom stereocenters. The molecule has 5 nitrogen and oxygen atoms in total. The van der Waals surface area contributed by atoms with Crippen molar-refractivity contribution >= 4 is 23.4 Å². The van der Waals surface area contributed by atoms with E-state index in [0.717, 1.165) is 5.69 Å². The number of carbonyl (C=O) groups is 1. The minimum atomic E-state index is -0.219. The largest absolute Gasteiger partial charge is 0.315 e. The SMILES string of the molecule is Cc1cnc2n(c1=O)CC(C(=O)N(C)c1ccccc1)CS2. The molecule has 0 fully saturated rings. The first-order valence-electron chi connectivity index (χ1n) is 7.10. The van der Waals surface area contributed by atoms with Crippen LogP contribution in [0, 0.1) is 12.8 Å². The van der Waals surface area contributed by atoms with Crippen LogP contribution in [0.25, 0.3) is 0 Å². The lowest BCUT2D eigenvalue weighted by Crippen LogP contribution is -2.41. The third kappa shape index (κ3) is 2.66. The van der Waals surface area contributed by atoms with Gasteiger partial charge in [0.1, 0.15) is 0 Å². The minimum absolute atomic E-state index is 0.0257. The monoisotopic (exact) mass is 315 g/mol. The number of carbonyl (C=O) groups excluding carboxylic acids is 1. The molecule has 0 bridgehead atoms. The number of benzene rings is 1. The van der Waals surface area contributed by atoms with Crippen molar-refractivity contribution in [2.75, 3.05) is 17.7 Å². The van der Waals surface area contributed by atoms with Crippen molar-refractivity contribution in [3.05, 3.63) is 52.4 Å². The number of thioether (sulfide) groups is 1. The predicted octanol–water partition coefficient (Wildman–Crippen LogP) is 1.94. The van der Waals surface area contributed by atoms with E-state index in [-0.39, 0.29) is 17.4 Å². The fourth-order valence-electron chi connectivity index (χ4n) is 2.50. The zero-order chi connectivity index (χ0) is 15.7. The van der Waals surface area contributed by atoms with Crippen LogP contribution in [-0.2, 0) is 11.3 Å². The summed E-state index contributed by atoms with van der Waals surface area (Å²) >= 11 is 1.46. The molecule has 1 amide bonds. The zero-order valence-corrected chi connectivity index (χ0v) is 13.3. The highest BCUT2D eigenvalue weighted by atomic mass is 32.2. The Morgan fingerprint density at radius 1 is 1.36 bits per heavy atom. The molecular formula is C16H17N3O2S. The van der Waals surface area contributed by atoms with E-state index in [4.69, 9.17) is 0 Å². The number of hydrogen-bond donors (Lipinski definition) is 0. The van der Waals surface area contributed by atoms with Gasteiger partial charge in [-0.25, -0.2) is 4.98 Å². The standard InChI is InChI=1S/C16H17N3O2S/c1-11-8-17-16-19(14(11)20)9-12(10-22-16)15(21)18(2)13-6-4-3-5-7-13/h3-8,12H,9-10H2,1-2H3. The van der Waals surface area contributed by atoms with E-state index >= 15 is 0 Å². The minimum Gasteiger partial charge on any atom is -0.315 e. The molecule has 0 aliphatic carbocycles. The maximum Gasteiger partial charge on any atom is 0.257 e. The lowest BCUT2D eigenvalue weighted by atomic mass is 10.1. The van der Waals surface area contributed by atoms with Crippen molar-refractivity contribution in [2.24, 2.45) is 5.92 Å². The average molecular weight is 315 g/mol. The summed E-state index contributed by atoms with van der Waals surface area (Å²) in [5.74, 6) is 0.452. The molecule has 6 heteroatoms. The van der Waals surface area contributed by atoms with Crippen LogP contribution >= 0.6 is 11.8 Å². The van der Waals surface area contributed by atoms with Crippen molar-refractivity contribution in [3.8, 4) is 0 Å². The molecular weight excluding hydrogens is 298 g/mol. The number of hydrogen-bond acceptors (Lipinski definition) is 4. The lowest BCUT2D eigenvalue weighted by molar-refractivity contribution is -0.122. The molecule has 0 saturated carbocycles. The van der Waals surface area contributed by atoms with Gasteiger partial charge in [-0.05, 0) is 19.1 Å². The van der Waals surface area contributed by atoms with Gasteiger partial charge in [0.25, 0.3) is 5.56 Å². The summed E-state index contributed by atoms with van der Waals surface area (Å²) < 4.78 is 1.62. The highest BCUT2D eigenvalue weighted by molar-refractivity contribution is 7.99. The molecule has 0 spiro atoms. The molecule has 0 N–H and O–H groups in total. The molecule has 22 heavy (non-hydrogen) atoms. The van der Waals surface area contributed by atoms with Gasteiger partial charge in [-0.3, -0.25) is 14.2 Å². The molecule has 114 valence electrons. The van der Waals surface area contributed by atoms with E-state index in [9.17, 15) is 9.59 Å². The summed E-state index contributed by atoms with van der Waals surface area (Å²) in [6.45, 7) is 2.14. The molecule has 1 aliphatic rings. The topological polar surface area (TPSA) is 55.2 Å². The summed E-state index contributed by atoms with van der Waals surface area (Å²) in [4.78, 5) is 30.8. The number of aryl methyl sites for hydroxylation is 1. The van der Waals surface area contributed by atoms with Gasteiger partial charge < -0.3 is 4.90 Å². The van der Waals surface area contributed by atoms with E-state index < -0.39 is 0 Å². The van der Waals surface area contributed by atoms with Crippen LogP contribution in [0.2, 0.25) is 0 Å². The van der Waals surface area contributed by atoms with Gasteiger partial charge in [0.2, 0.25) is 5.91 Å². The van der Waals surface area contributed by atoms with Gasteiger partial charge in [0, 0.05) is 36.8 Å². The molecule has 1 aromatic heterocycles. The number of fused-ring (bicyclic) bond motifs is 1. The van der Waals surface area contributed by atoms with Gasteiger partial charge in [-0.1, -0.05) is 30.0 Å². The maximum absolute atomic E-state index is 12.7. The van der Waals surface area contributed by atoms with Gasteiger partial charge >= 0.3 is 0 Å². The summed E-state index contributed by atoms with van der Waals surface area (Å²) in [6.07, 6.45) is 1.60. The quantitative estimate of drug-likeness (QED) is 0.795. The Hall–Kier alpha value is -2.08. The number of aromatic nitrogens is 2. The third-order valence-electron chi connectivity index (χ3n) is 3.82. The average Bonchev–Trinajstić information content (AvgIpc) is 2.57. The van der Waals surface area contributed by atoms with E-state index in [1.54, 1.807) is 29.6 Å². The van der Waals surface area contributed by atoms with E-state index in [1.165, 1.54) is 11.8 Å². The predicted molar refractivity (Wildman–Crippen MR) is 87.3 cm³/mol. The summed E-state index contributed by atoms with van der Waals surface area (Å²) in [6, 6.07) is 9.53. The molecule has 3 rings (SSSR count). The molecule has 0 saturated heterocycles. The third-order valence-corrected chi connectivity index (χ3v) is 4.97. The van der Waals surface area contributed by atoms with Crippen molar-refractivity contribution in [1.82, 2.24) is 9.55 Å². The van der Waals surface area contributed by atoms with Gasteiger partial charge in [0.15, 0.2) is 5.16 Å². The lowest BCUT2D eigenvalue weighted by Gasteiger charge is -2.28. The number of rotatable bonds is 2. The molecule has 1 aromatic carbocycles. The number of nitrogens with zero attached hydrogens (tertiary/aromatic N) is 3. The Balaban J connectivity index is 1.84. The molecule has 1 unspecified atom stereocenters. The summed E-state index contributed by atoms with van der Waals surface area (Å²) in [5.41, 5.74) is 1.41. The van der Waals surface area contributed by atoms with Crippen molar-refractivity contribution in [2.45, 2.75) is 18.6 Å². The van der Waals surface area contributed by atoms with Gasteiger partial charge in [0.05, 0.1) is 5.92 Å². The van der Waals surface area contributed by atoms with Crippen LogP contribution < -0.4 is 10.5 Å². The molecule has 0 radical (unpaired) electrons. The van der Waals surface area contributed by atoms with Gasteiger partial charge in [-0.15, -0.1) is 0 Å². The second-order valence-corrected chi connectivity index (χ2v) is 6.37. The Bertz CT molecular complexity index is 758. The molecule has 1 aliphatic heterocycles. The summed E-state index contributed by atoms with van der Waals surface area (Å²) in [7, 11) is 1.77. The fourth-order valence-corrected chi connectivity index (χ4v) is 3.54. The first-order valence-corrected chi connectivity index (χ1v) is 8.08. The molecule has 2 heterocycles. The molecule has 2 aromatic rings. The highest BCUT2D eigenvalue weighted by Gasteiger charge is 2.29. The first kappa shape index (κ1) is 14.8. The number of para-hydroxylation sites is 1. The highest BCUT2D eigenvalue weighted by Crippen LogP contribution is 2.27. The van der Waals surface area contributed by atoms with Crippen LogP contribution in [0.15, 0.2) is 46.5 Å². The maximum atomic E-state index is 12.7. The normalized spacial score (nSPS) is 16.9. The van der Waals surface area contributed by atoms with E-state index in [0.29, 0.717) is 23.0 Å². The van der Waals surface area contributed by atoms with Crippen molar-refractivity contribution < 1.29 is 4.79 Å². The van der Waals surface area contributed by atoms with Crippen LogP contribution in [-0.4, -0.2) is 28.3 Å². The van der Waals surface area contributed by atoms with Gasteiger partial charge in [-0.2, -0.15) is 0 Å². The fraction of sp³-hybridized carbons (Fsp3) is 0.312. The Kier molecular flexibility index (Phi) is 4.02. The summed E-state index contributed by atoms with van der Waals surface area (Å²) in [5, 5.41) is 0.696. The second kappa shape index (κ2) is 5.96. The Morgan fingerprint density at radius 2 is 2.09 bits per heavy atom. The smallest absolute Gasteiger partial charge is 0.257 e. The van der Waals surface area contributed by atoms with Crippen LogP contribution in [0.4, 0.5) is 5.69 Å². The van der Waals surface area contributed by atoms with Crippen LogP contribution in [0.1, 0.15) is 5.56 Å². The van der Waals surface area contributed by atoms with Crippen molar-refractivity contribution in [3.63, 3.8) is 0 Å². The number of anilines is 1. The van der Waals surface area contributed by atoms with Crippen LogP contribution in [0.5, 0.6) is 0 Å². The Morgan fingerprint density at radius 3 is 2.82 bits per heavy atom.